The molecule has 0 atom stereocenters. The lowest BCUT2D eigenvalue weighted by atomic mass is 9.96. The topological polar surface area (TPSA) is 70.6 Å². The molecule has 0 saturated heterocycles. The summed E-state index contributed by atoms with van der Waals surface area (Å²) in [6.45, 7) is 4.19. The van der Waals surface area contributed by atoms with E-state index in [0.29, 0.717) is 11.4 Å². The normalized spacial score (nSPS) is 16.0. The minimum Gasteiger partial charge on any atom is -0.357 e. The SMILES string of the molecule is CCNC(=NCc1ccc(S(C)(=O)=O)cc1)NCC1(c2ccccc2)CC1. The van der Waals surface area contributed by atoms with Crippen LogP contribution in [0, 0.1) is 0 Å². The largest absolute Gasteiger partial charge is 0.357 e. The van der Waals surface area contributed by atoms with Gasteiger partial charge in [-0.15, -0.1) is 0 Å². The van der Waals surface area contributed by atoms with Crippen molar-refractivity contribution in [2.75, 3.05) is 19.3 Å². The van der Waals surface area contributed by atoms with E-state index in [2.05, 4.69) is 39.9 Å². The molecule has 1 aliphatic rings. The number of nitrogens with zero attached hydrogens (tertiary/aromatic N) is 1. The van der Waals surface area contributed by atoms with Crippen molar-refractivity contribution in [2.24, 2.45) is 4.99 Å². The highest BCUT2D eigenvalue weighted by atomic mass is 32.2. The summed E-state index contributed by atoms with van der Waals surface area (Å²) in [7, 11) is -3.16. The summed E-state index contributed by atoms with van der Waals surface area (Å²) in [5.41, 5.74) is 2.57. The zero-order valence-electron chi connectivity index (χ0n) is 15.9. The minimum absolute atomic E-state index is 0.217. The van der Waals surface area contributed by atoms with Gasteiger partial charge in [0.2, 0.25) is 0 Å². The molecule has 6 heteroatoms. The van der Waals surface area contributed by atoms with E-state index in [0.717, 1.165) is 24.6 Å². The molecule has 0 bridgehead atoms. The number of guanidine groups is 1. The van der Waals surface area contributed by atoms with Crippen LogP contribution in [0.2, 0.25) is 0 Å². The van der Waals surface area contributed by atoms with Crippen molar-refractivity contribution in [2.45, 2.75) is 36.6 Å². The molecule has 0 aliphatic heterocycles. The van der Waals surface area contributed by atoms with E-state index in [1.165, 1.54) is 24.7 Å². The van der Waals surface area contributed by atoms with Crippen molar-refractivity contribution in [3.05, 3.63) is 65.7 Å². The maximum absolute atomic E-state index is 11.5. The second-order valence-electron chi connectivity index (χ2n) is 7.11. The molecular formula is C21H27N3O2S. The van der Waals surface area contributed by atoms with Crippen LogP contribution >= 0.6 is 0 Å². The zero-order chi connectivity index (χ0) is 19.3. The molecule has 27 heavy (non-hydrogen) atoms. The summed E-state index contributed by atoms with van der Waals surface area (Å²) in [6, 6.07) is 17.5. The van der Waals surface area contributed by atoms with Crippen LogP contribution in [0.1, 0.15) is 30.9 Å². The number of rotatable bonds is 7. The molecule has 3 rings (SSSR count). The van der Waals surface area contributed by atoms with Crippen LogP contribution in [0.25, 0.3) is 0 Å². The van der Waals surface area contributed by atoms with E-state index in [9.17, 15) is 8.42 Å². The van der Waals surface area contributed by atoms with Gasteiger partial charge in [0, 0.05) is 24.8 Å². The van der Waals surface area contributed by atoms with Crippen molar-refractivity contribution in [3.8, 4) is 0 Å². The van der Waals surface area contributed by atoms with Crippen LogP contribution in [0.15, 0.2) is 64.5 Å². The number of sulfone groups is 1. The third kappa shape index (κ3) is 5.10. The van der Waals surface area contributed by atoms with Crippen LogP contribution in [0.3, 0.4) is 0 Å². The third-order valence-electron chi connectivity index (χ3n) is 4.95. The van der Waals surface area contributed by atoms with Crippen LogP contribution in [-0.4, -0.2) is 33.7 Å². The molecule has 5 nitrogen and oxygen atoms in total. The first kappa shape index (κ1) is 19.4. The lowest BCUT2D eigenvalue weighted by molar-refractivity contribution is 0.602. The molecule has 0 radical (unpaired) electrons. The van der Waals surface area contributed by atoms with Gasteiger partial charge in [0.1, 0.15) is 0 Å². The molecule has 0 heterocycles. The summed E-state index contributed by atoms with van der Waals surface area (Å²) in [4.78, 5) is 4.98. The Morgan fingerprint density at radius 1 is 1.04 bits per heavy atom. The van der Waals surface area contributed by atoms with Crippen LogP contribution in [0.4, 0.5) is 0 Å². The van der Waals surface area contributed by atoms with Crippen molar-refractivity contribution >= 4 is 15.8 Å². The van der Waals surface area contributed by atoms with Crippen LogP contribution in [0.5, 0.6) is 0 Å². The predicted octanol–water partition coefficient (Wildman–Crippen LogP) is 2.88. The van der Waals surface area contributed by atoms with Crippen LogP contribution in [-0.2, 0) is 21.8 Å². The van der Waals surface area contributed by atoms with Gasteiger partial charge in [0.05, 0.1) is 11.4 Å². The second-order valence-corrected chi connectivity index (χ2v) is 9.13. The Morgan fingerprint density at radius 2 is 1.70 bits per heavy atom. The highest BCUT2D eigenvalue weighted by Crippen LogP contribution is 2.47. The van der Waals surface area contributed by atoms with Gasteiger partial charge in [-0.2, -0.15) is 0 Å². The van der Waals surface area contributed by atoms with E-state index in [1.807, 2.05) is 25.1 Å². The summed E-state index contributed by atoms with van der Waals surface area (Å²) in [5, 5.41) is 6.75. The highest BCUT2D eigenvalue weighted by molar-refractivity contribution is 7.90. The molecule has 0 aromatic heterocycles. The van der Waals surface area contributed by atoms with Gasteiger partial charge in [-0.25, -0.2) is 13.4 Å². The van der Waals surface area contributed by atoms with Crippen LogP contribution < -0.4 is 10.6 Å². The van der Waals surface area contributed by atoms with Gasteiger partial charge in [-0.3, -0.25) is 0 Å². The quantitative estimate of drug-likeness (QED) is 0.568. The van der Waals surface area contributed by atoms with Gasteiger partial charge in [-0.1, -0.05) is 42.5 Å². The summed E-state index contributed by atoms with van der Waals surface area (Å²) in [6.07, 6.45) is 3.60. The Bertz CT molecular complexity index is 887. The fraction of sp³-hybridized carbons (Fsp3) is 0.381. The Balaban J connectivity index is 1.63. The fourth-order valence-corrected chi connectivity index (χ4v) is 3.75. The van der Waals surface area contributed by atoms with Gasteiger partial charge in [-0.05, 0) is 43.0 Å². The highest BCUT2D eigenvalue weighted by Gasteiger charge is 2.43. The van der Waals surface area contributed by atoms with E-state index in [1.54, 1.807) is 12.1 Å². The van der Waals surface area contributed by atoms with E-state index >= 15 is 0 Å². The molecular weight excluding hydrogens is 358 g/mol. The van der Waals surface area contributed by atoms with Crippen molar-refractivity contribution in [3.63, 3.8) is 0 Å². The molecule has 0 unspecified atom stereocenters. The molecule has 1 saturated carbocycles. The molecule has 1 aliphatic carbocycles. The number of benzene rings is 2. The fourth-order valence-electron chi connectivity index (χ4n) is 3.12. The first-order chi connectivity index (χ1) is 12.9. The number of hydrogen-bond acceptors (Lipinski definition) is 3. The first-order valence-corrected chi connectivity index (χ1v) is 11.2. The first-order valence-electron chi connectivity index (χ1n) is 9.30. The minimum atomic E-state index is -3.16. The van der Waals surface area contributed by atoms with E-state index < -0.39 is 9.84 Å². The Labute approximate surface area is 161 Å². The lowest BCUT2D eigenvalue weighted by Gasteiger charge is -2.19. The number of hydrogen-bond donors (Lipinski definition) is 2. The standard InChI is InChI=1S/C21H27N3O2S/c1-3-22-20(23-15-17-9-11-19(12-10-17)27(2,25)26)24-16-21(13-14-21)18-7-5-4-6-8-18/h4-12H,3,13-16H2,1-2H3,(H2,22,23,24). The monoisotopic (exact) mass is 385 g/mol. The van der Waals surface area contributed by atoms with E-state index in [-0.39, 0.29) is 5.41 Å². The molecule has 2 aromatic carbocycles. The Kier molecular flexibility index (Phi) is 5.85. The average molecular weight is 386 g/mol. The maximum Gasteiger partial charge on any atom is 0.191 e. The van der Waals surface area contributed by atoms with Gasteiger partial charge >= 0.3 is 0 Å². The summed E-state index contributed by atoms with van der Waals surface area (Å²) >= 11 is 0. The Morgan fingerprint density at radius 3 is 2.26 bits per heavy atom. The van der Waals surface area contributed by atoms with Gasteiger partial charge in [0.15, 0.2) is 15.8 Å². The van der Waals surface area contributed by atoms with Gasteiger partial charge < -0.3 is 10.6 Å². The van der Waals surface area contributed by atoms with Crippen molar-refractivity contribution in [1.29, 1.82) is 0 Å². The molecule has 2 aromatic rings. The molecule has 1 fully saturated rings. The molecule has 144 valence electrons. The third-order valence-corrected chi connectivity index (χ3v) is 6.08. The number of nitrogens with one attached hydrogen (secondary N) is 2. The molecule has 0 spiro atoms. The van der Waals surface area contributed by atoms with Crippen molar-refractivity contribution < 1.29 is 8.42 Å². The second kappa shape index (κ2) is 8.13. The van der Waals surface area contributed by atoms with Gasteiger partial charge in [0.25, 0.3) is 0 Å². The number of aliphatic imine (C=N–C) groups is 1. The maximum atomic E-state index is 11.5. The van der Waals surface area contributed by atoms with E-state index in [4.69, 9.17) is 0 Å². The zero-order valence-corrected chi connectivity index (χ0v) is 16.7. The average Bonchev–Trinajstić information content (AvgIpc) is 3.46. The summed E-state index contributed by atoms with van der Waals surface area (Å²) < 4.78 is 23.1. The lowest BCUT2D eigenvalue weighted by Crippen LogP contribution is -2.41. The van der Waals surface area contributed by atoms with Crippen molar-refractivity contribution in [1.82, 2.24) is 10.6 Å². The Hall–Kier alpha value is -2.34. The molecule has 2 N–H and O–H groups in total. The molecule has 0 amide bonds. The smallest absolute Gasteiger partial charge is 0.191 e. The predicted molar refractivity (Wildman–Crippen MR) is 110 cm³/mol. The summed E-state index contributed by atoms with van der Waals surface area (Å²) in [5.74, 6) is 0.784.